The van der Waals surface area contributed by atoms with E-state index in [-0.39, 0.29) is 0 Å². The van der Waals surface area contributed by atoms with Gasteiger partial charge in [0.25, 0.3) is 0 Å². The van der Waals surface area contributed by atoms with Crippen LogP contribution in [0, 0.1) is 0 Å². The van der Waals surface area contributed by atoms with Crippen LogP contribution in [0.25, 0.3) is 6.08 Å². The number of rotatable bonds is 0. The van der Waals surface area contributed by atoms with E-state index in [4.69, 9.17) is 12.6 Å². The zero-order valence-corrected chi connectivity index (χ0v) is 6.32. The molecule has 0 heterocycles. The van der Waals surface area contributed by atoms with Crippen molar-refractivity contribution < 1.29 is 0 Å². The number of hydrogen-bond donors (Lipinski definition) is 0. The molecule has 1 aromatic rings. The summed E-state index contributed by atoms with van der Waals surface area (Å²) in [6.45, 7) is 0. The van der Waals surface area contributed by atoms with Crippen LogP contribution in [0.2, 0.25) is 0 Å². The van der Waals surface area contributed by atoms with Gasteiger partial charge >= 0.3 is 0 Å². The van der Waals surface area contributed by atoms with Crippen molar-refractivity contribution in [1.82, 2.24) is 0 Å². The fraction of sp³-hybridized carbons (Fsp3) is 0.111. The van der Waals surface area contributed by atoms with Crippen LogP contribution in [0.3, 0.4) is 0 Å². The summed E-state index contributed by atoms with van der Waals surface area (Å²) in [5.41, 5.74) is 2.67. The van der Waals surface area contributed by atoms with Crippen molar-refractivity contribution in [3.05, 3.63) is 40.3 Å². The highest BCUT2D eigenvalue weighted by molar-refractivity contribution is 7.84. The predicted octanol–water partition coefficient (Wildman–Crippen LogP) is 2.78. The maximum Gasteiger partial charge on any atom is 0.0202 e. The lowest BCUT2D eigenvalue weighted by atomic mass is 10.1. The van der Waals surface area contributed by atoms with Crippen molar-refractivity contribution in [2.45, 2.75) is 6.42 Å². The number of allylic oxidation sites excluding steroid dienone is 1. The van der Waals surface area contributed by atoms with Crippen LogP contribution in [0.4, 0.5) is 0 Å². The normalized spacial score (nSPS) is 14.6. The highest BCUT2D eigenvalue weighted by Gasteiger charge is 2.08. The summed E-state index contributed by atoms with van der Waals surface area (Å²) in [6.07, 6.45) is 3.04. The van der Waals surface area contributed by atoms with Gasteiger partial charge in [0, 0.05) is 11.3 Å². The highest BCUT2D eigenvalue weighted by atomic mass is 32.1. The van der Waals surface area contributed by atoms with Crippen LogP contribution in [-0.4, -0.2) is 0 Å². The molecule has 1 aliphatic carbocycles. The second-order valence-corrected chi connectivity index (χ2v) is 3.01. The molecule has 1 aliphatic rings. The minimum atomic E-state index is 0.964. The van der Waals surface area contributed by atoms with Crippen molar-refractivity contribution in [2.24, 2.45) is 0 Å². The van der Waals surface area contributed by atoms with Crippen molar-refractivity contribution >= 4 is 18.7 Å². The summed E-state index contributed by atoms with van der Waals surface area (Å²) in [5, 5.41) is 0. The first-order valence-electron chi connectivity index (χ1n) is 3.32. The van der Waals surface area contributed by atoms with Gasteiger partial charge in [0.2, 0.25) is 0 Å². The Hall–Kier alpha value is -0.820. The molecule has 10 heavy (non-hydrogen) atoms. The smallest absolute Gasteiger partial charge is 0.0202 e. The third-order valence-electron chi connectivity index (χ3n) is 1.74. The van der Waals surface area contributed by atoms with Crippen LogP contribution in [0.5, 0.6) is 0 Å². The third-order valence-corrected chi connectivity index (χ3v) is 2.00. The summed E-state index contributed by atoms with van der Waals surface area (Å²) < 4.78 is 0. The van der Waals surface area contributed by atoms with Gasteiger partial charge in [0.15, 0.2) is 0 Å². The second-order valence-electron chi connectivity index (χ2n) is 2.49. The van der Waals surface area contributed by atoms with E-state index < -0.39 is 0 Å². The molecule has 0 aromatic heterocycles. The molecule has 0 atom stereocenters. The molecular formula is C9H7S. The van der Waals surface area contributed by atoms with Gasteiger partial charge in [-0.1, -0.05) is 36.9 Å². The molecule has 0 bridgehead atoms. The Kier molecular flexibility index (Phi) is 1.24. The predicted molar refractivity (Wildman–Crippen MR) is 45.7 cm³/mol. The van der Waals surface area contributed by atoms with Gasteiger partial charge in [-0.25, -0.2) is 0 Å². The quantitative estimate of drug-likeness (QED) is 0.529. The molecule has 0 N–H and O–H groups in total. The molecule has 0 nitrogen and oxygen atoms in total. The van der Waals surface area contributed by atoms with Gasteiger partial charge in [-0.15, -0.1) is 0 Å². The van der Waals surface area contributed by atoms with Crippen LogP contribution in [-0.2, 0) is 6.42 Å². The summed E-state index contributed by atoms with van der Waals surface area (Å²) in [6, 6.07) is 8.34. The Morgan fingerprint density at radius 1 is 1.20 bits per heavy atom. The van der Waals surface area contributed by atoms with E-state index in [1.165, 1.54) is 11.1 Å². The number of hydrogen-bond acceptors (Lipinski definition) is 0. The first kappa shape index (κ1) is 5.93. The van der Waals surface area contributed by atoms with E-state index in [0.717, 1.165) is 11.3 Å². The van der Waals surface area contributed by atoms with Gasteiger partial charge in [-0.2, -0.15) is 0 Å². The Labute approximate surface area is 66.0 Å². The number of benzene rings is 1. The van der Waals surface area contributed by atoms with Crippen molar-refractivity contribution in [1.29, 1.82) is 0 Å². The fourth-order valence-corrected chi connectivity index (χ4v) is 1.53. The molecule has 0 fully saturated rings. The third kappa shape index (κ3) is 0.830. The first-order chi connectivity index (χ1) is 4.86. The molecule has 2 rings (SSSR count). The SMILES string of the molecule is [S]C1=Cc2ccccc2C1. The molecule has 49 valence electrons. The van der Waals surface area contributed by atoms with E-state index in [1.807, 2.05) is 6.07 Å². The van der Waals surface area contributed by atoms with E-state index in [9.17, 15) is 0 Å². The van der Waals surface area contributed by atoms with Crippen LogP contribution >= 0.6 is 12.6 Å². The lowest BCUT2D eigenvalue weighted by molar-refractivity contribution is 1.29. The lowest BCUT2D eigenvalue weighted by Gasteiger charge is -1.93. The van der Waals surface area contributed by atoms with Gasteiger partial charge in [-0.05, 0) is 17.2 Å². The van der Waals surface area contributed by atoms with Crippen molar-refractivity contribution in [2.75, 3.05) is 0 Å². The maximum absolute atomic E-state index is 5.07. The van der Waals surface area contributed by atoms with E-state index in [0.29, 0.717) is 0 Å². The van der Waals surface area contributed by atoms with Crippen LogP contribution in [0.1, 0.15) is 11.1 Å². The van der Waals surface area contributed by atoms with E-state index in [1.54, 1.807) is 0 Å². The standard InChI is InChI=1S/C9H7S/c10-9-5-7-3-1-2-4-8(7)6-9/h1-5H,6H2. The summed E-state index contributed by atoms with van der Waals surface area (Å²) in [7, 11) is 0. The minimum absolute atomic E-state index is 0.964. The minimum Gasteiger partial charge on any atom is -0.0845 e. The van der Waals surface area contributed by atoms with Gasteiger partial charge in [0.1, 0.15) is 0 Å². The van der Waals surface area contributed by atoms with Gasteiger partial charge in [0.05, 0.1) is 0 Å². The molecule has 0 saturated carbocycles. The first-order valence-corrected chi connectivity index (χ1v) is 3.72. The summed E-state index contributed by atoms with van der Waals surface area (Å²) in [5.74, 6) is 0. The Balaban J connectivity index is 2.54. The molecular weight excluding hydrogens is 140 g/mol. The lowest BCUT2D eigenvalue weighted by Crippen LogP contribution is -1.78. The van der Waals surface area contributed by atoms with E-state index >= 15 is 0 Å². The largest absolute Gasteiger partial charge is 0.0845 e. The maximum atomic E-state index is 5.07. The monoisotopic (exact) mass is 147 g/mol. The second kappa shape index (κ2) is 2.10. The van der Waals surface area contributed by atoms with Gasteiger partial charge < -0.3 is 0 Å². The molecule has 1 heteroatoms. The topological polar surface area (TPSA) is 0 Å². The highest BCUT2D eigenvalue weighted by Crippen LogP contribution is 2.25. The summed E-state index contributed by atoms with van der Waals surface area (Å²) in [4.78, 5) is 1.06. The zero-order valence-electron chi connectivity index (χ0n) is 5.50. The number of fused-ring (bicyclic) bond motifs is 1. The van der Waals surface area contributed by atoms with Crippen molar-refractivity contribution in [3.8, 4) is 0 Å². The van der Waals surface area contributed by atoms with Crippen LogP contribution < -0.4 is 0 Å². The molecule has 0 unspecified atom stereocenters. The summed E-state index contributed by atoms with van der Waals surface area (Å²) >= 11 is 5.07. The Bertz CT molecular complexity index is 287. The van der Waals surface area contributed by atoms with Crippen LogP contribution in [0.15, 0.2) is 29.2 Å². The molecule has 1 aromatic carbocycles. The molecule has 0 amide bonds. The molecule has 0 aliphatic heterocycles. The fourth-order valence-electron chi connectivity index (χ4n) is 1.25. The Morgan fingerprint density at radius 3 is 2.80 bits per heavy atom. The average molecular weight is 147 g/mol. The Morgan fingerprint density at radius 2 is 2.00 bits per heavy atom. The average Bonchev–Trinajstić information content (AvgIpc) is 2.27. The molecule has 1 radical (unpaired) electrons. The molecule has 0 spiro atoms. The molecule has 0 saturated heterocycles. The van der Waals surface area contributed by atoms with E-state index in [2.05, 4.69) is 24.3 Å². The van der Waals surface area contributed by atoms with Gasteiger partial charge in [-0.3, -0.25) is 0 Å². The van der Waals surface area contributed by atoms with Crippen molar-refractivity contribution in [3.63, 3.8) is 0 Å². The zero-order chi connectivity index (χ0) is 6.97.